The first-order valence-electron chi connectivity index (χ1n) is 5.76. The lowest BCUT2D eigenvalue weighted by molar-refractivity contribution is 0.415. The average Bonchev–Trinajstić information content (AvgIpc) is 2.46. The Labute approximate surface area is 110 Å². The predicted molar refractivity (Wildman–Crippen MR) is 73.9 cm³/mol. The molecule has 0 aliphatic carbocycles. The number of aromatic hydroxyl groups is 1. The third kappa shape index (κ3) is 3.22. The molecule has 2 rings (SSSR count). The van der Waals surface area contributed by atoms with Gasteiger partial charge in [0.1, 0.15) is 17.2 Å². The maximum atomic E-state index is 10.5. The van der Waals surface area contributed by atoms with Crippen LogP contribution in [0.3, 0.4) is 0 Å². The summed E-state index contributed by atoms with van der Waals surface area (Å²) in [6, 6.07) is 11.9. The predicted octanol–water partition coefficient (Wildman–Crippen LogP) is 3.41. The Morgan fingerprint density at radius 2 is 2.11 bits per heavy atom. The van der Waals surface area contributed by atoms with Crippen molar-refractivity contribution in [1.82, 2.24) is 0 Å². The molecular formula is C14H14N2O3. The molecule has 2 N–H and O–H groups in total. The Hall–Kier alpha value is -2.56. The van der Waals surface area contributed by atoms with Crippen molar-refractivity contribution < 1.29 is 9.84 Å². The van der Waals surface area contributed by atoms with Gasteiger partial charge in [-0.25, -0.2) is 0 Å². The van der Waals surface area contributed by atoms with Gasteiger partial charge in [0.05, 0.1) is 7.11 Å². The molecule has 0 fully saturated rings. The molecule has 2 aromatic rings. The monoisotopic (exact) mass is 258 g/mol. The van der Waals surface area contributed by atoms with Crippen LogP contribution >= 0.6 is 0 Å². The third-order valence-electron chi connectivity index (χ3n) is 2.72. The topological polar surface area (TPSA) is 70.9 Å². The number of rotatable bonds is 5. The van der Waals surface area contributed by atoms with Gasteiger partial charge in [0.25, 0.3) is 0 Å². The van der Waals surface area contributed by atoms with E-state index < -0.39 is 0 Å². The van der Waals surface area contributed by atoms with Crippen LogP contribution in [0, 0.1) is 4.91 Å². The SMILES string of the molecule is COc1cccc(NCc2cc(N=O)ccc2O)c1. The average molecular weight is 258 g/mol. The first kappa shape index (κ1) is 12.9. The maximum Gasteiger partial charge on any atom is 0.120 e. The Morgan fingerprint density at radius 1 is 1.26 bits per heavy atom. The summed E-state index contributed by atoms with van der Waals surface area (Å²) in [4.78, 5) is 10.5. The zero-order valence-electron chi connectivity index (χ0n) is 10.5. The largest absolute Gasteiger partial charge is 0.508 e. The van der Waals surface area contributed by atoms with E-state index in [-0.39, 0.29) is 5.75 Å². The summed E-state index contributed by atoms with van der Waals surface area (Å²) in [6.45, 7) is 0.391. The van der Waals surface area contributed by atoms with E-state index in [1.54, 1.807) is 13.2 Å². The second kappa shape index (κ2) is 5.86. The van der Waals surface area contributed by atoms with Gasteiger partial charge in [-0.05, 0) is 35.5 Å². The molecule has 0 aromatic heterocycles. The molecule has 0 bridgehead atoms. The standard InChI is InChI=1S/C14H14N2O3/c1-19-13-4-2-3-11(8-13)15-9-10-7-12(16-18)5-6-14(10)17/h2-8,15,17H,9H2,1H3. The number of nitroso groups, excluding NO2 is 1. The summed E-state index contributed by atoms with van der Waals surface area (Å²) in [5.41, 5.74) is 1.77. The fourth-order valence-electron chi connectivity index (χ4n) is 1.70. The molecule has 0 heterocycles. The van der Waals surface area contributed by atoms with Gasteiger partial charge in [-0.2, -0.15) is 0 Å². The highest BCUT2D eigenvalue weighted by molar-refractivity contribution is 5.51. The number of anilines is 1. The molecule has 5 heteroatoms. The molecule has 98 valence electrons. The van der Waals surface area contributed by atoms with E-state index in [9.17, 15) is 10.0 Å². The molecule has 0 unspecified atom stereocenters. The lowest BCUT2D eigenvalue weighted by Gasteiger charge is -2.09. The number of methoxy groups -OCH3 is 1. The van der Waals surface area contributed by atoms with Crippen LogP contribution in [0.15, 0.2) is 47.6 Å². The molecule has 0 aliphatic rings. The van der Waals surface area contributed by atoms with Gasteiger partial charge in [-0.1, -0.05) is 6.07 Å². The lowest BCUT2D eigenvalue weighted by Crippen LogP contribution is -1.99. The molecule has 19 heavy (non-hydrogen) atoms. The fourth-order valence-corrected chi connectivity index (χ4v) is 1.70. The molecule has 0 saturated carbocycles. The molecule has 0 amide bonds. The maximum absolute atomic E-state index is 10.5. The fraction of sp³-hybridized carbons (Fsp3) is 0.143. The molecule has 0 saturated heterocycles. The summed E-state index contributed by atoms with van der Waals surface area (Å²) in [7, 11) is 1.60. The van der Waals surface area contributed by atoms with E-state index in [4.69, 9.17) is 4.74 Å². The summed E-state index contributed by atoms with van der Waals surface area (Å²) >= 11 is 0. The van der Waals surface area contributed by atoms with Crippen LogP contribution in [0.25, 0.3) is 0 Å². The Morgan fingerprint density at radius 3 is 2.84 bits per heavy atom. The van der Waals surface area contributed by atoms with Crippen molar-refractivity contribution in [3.63, 3.8) is 0 Å². The van der Waals surface area contributed by atoms with E-state index in [1.165, 1.54) is 12.1 Å². The second-order valence-electron chi connectivity index (χ2n) is 3.99. The number of benzene rings is 2. The minimum absolute atomic E-state index is 0.128. The minimum atomic E-state index is 0.128. The van der Waals surface area contributed by atoms with E-state index in [0.717, 1.165) is 11.4 Å². The highest BCUT2D eigenvalue weighted by Gasteiger charge is 2.03. The number of phenols is 1. The van der Waals surface area contributed by atoms with E-state index >= 15 is 0 Å². The van der Waals surface area contributed by atoms with Gasteiger partial charge in [-0.15, -0.1) is 4.91 Å². The smallest absolute Gasteiger partial charge is 0.120 e. The van der Waals surface area contributed by atoms with Crippen LogP contribution in [-0.4, -0.2) is 12.2 Å². The summed E-state index contributed by atoms with van der Waals surface area (Å²) < 4.78 is 5.12. The van der Waals surface area contributed by atoms with Crippen molar-refractivity contribution in [3.05, 3.63) is 52.9 Å². The van der Waals surface area contributed by atoms with Crippen LogP contribution in [0.1, 0.15) is 5.56 Å². The van der Waals surface area contributed by atoms with Crippen molar-refractivity contribution in [3.8, 4) is 11.5 Å². The number of phenolic OH excluding ortho intramolecular Hbond substituents is 1. The van der Waals surface area contributed by atoms with Crippen LogP contribution < -0.4 is 10.1 Å². The van der Waals surface area contributed by atoms with Crippen LogP contribution in [0.4, 0.5) is 11.4 Å². The van der Waals surface area contributed by atoms with Gasteiger partial charge in [-0.3, -0.25) is 0 Å². The minimum Gasteiger partial charge on any atom is -0.508 e. The van der Waals surface area contributed by atoms with Crippen LogP contribution in [0.2, 0.25) is 0 Å². The van der Waals surface area contributed by atoms with Crippen molar-refractivity contribution in [1.29, 1.82) is 0 Å². The Bertz CT molecular complexity index is 585. The Kier molecular flexibility index (Phi) is 3.97. The van der Waals surface area contributed by atoms with Gasteiger partial charge < -0.3 is 15.2 Å². The Balaban J connectivity index is 2.11. The molecule has 5 nitrogen and oxygen atoms in total. The van der Waals surface area contributed by atoms with Crippen molar-refractivity contribution >= 4 is 11.4 Å². The number of hydrogen-bond acceptors (Lipinski definition) is 5. The molecule has 0 atom stereocenters. The van der Waals surface area contributed by atoms with Gasteiger partial charge in [0.2, 0.25) is 0 Å². The van der Waals surface area contributed by atoms with E-state index in [1.807, 2.05) is 24.3 Å². The van der Waals surface area contributed by atoms with Crippen molar-refractivity contribution in [2.75, 3.05) is 12.4 Å². The second-order valence-corrected chi connectivity index (χ2v) is 3.99. The van der Waals surface area contributed by atoms with Crippen LogP contribution in [-0.2, 0) is 6.54 Å². The van der Waals surface area contributed by atoms with Gasteiger partial charge in [0, 0.05) is 23.9 Å². The van der Waals surface area contributed by atoms with E-state index in [2.05, 4.69) is 10.5 Å². The first-order valence-corrected chi connectivity index (χ1v) is 5.76. The van der Waals surface area contributed by atoms with Crippen molar-refractivity contribution in [2.45, 2.75) is 6.54 Å². The lowest BCUT2D eigenvalue weighted by atomic mass is 10.1. The molecule has 2 aromatic carbocycles. The third-order valence-corrected chi connectivity index (χ3v) is 2.72. The molecule has 0 spiro atoms. The van der Waals surface area contributed by atoms with Gasteiger partial charge in [0.15, 0.2) is 0 Å². The first-order chi connectivity index (χ1) is 9.22. The van der Waals surface area contributed by atoms with Crippen LogP contribution in [0.5, 0.6) is 11.5 Å². The molecular weight excluding hydrogens is 244 g/mol. The summed E-state index contributed by atoms with van der Waals surface area (Å²) in [5.74, 6) is 0.875. The normalized spacial score (nSPS) is 9.95. The quantitative estimate of drug-likeness (QED) is 0.806. The van der Waals surface area contributed by atoms with Crippen molar-refractivity contribution in [2.24, 2.45) is 5.18 Å². The highest BCUT2D eigenvalue weighted by atomic mass is 16.5. The summed E-state index contributed by atoms with van der Waals surface area (Å²) in [5, 5.41) is 15.7. The number of hydrogen-bond donors (Lipinski definition) is 2. The highest BCUT2D eigenvalue weighted by Crippen LogP contribution is 2.24. The molecule has 0 aliphatic heterocycles. The summed E-state index contributed by atoms with van der Waals surface area (Å²) in [6.07, 6.45) is 0. The number of nitrogens with zero attached hydrogens (tertiary/aromatic N) is 1. The number of nitrogens with one attached hydrogen (secondary N) is 1. The number of ether oxygens (including phenoxy) is 1. The van der Waals surface area contributed by atoms with Gasteiger partial charge >= 0.3 is 0 Å². The zero-order valence-corrected chi connectivity index (χ0v) is 10.5. The zero-order chi connectivity index (χ0) is 13.7. The van der Waals surface area contributed by atoms with E-state index in [0.29, 0.717) is 17.8 Å². The molecule has 0 radical (unpaired) electrons.